The van der Waals surface area contributed by atoms with Gasteiger partial charge in [0.1, 0.15) is 0 Å². The van der Waals surface area contributed by atoms with Gasteiger partial charge in [-0.05, 0) is 11.6 Å². The Morgan fingerprint density at radius 1 is 1.11 bits per heavy atom. The Kier molecular flexibility index (Phi) is 3.01. The van der Waals surface area contributed by atoms with Crippen molar-refractivity contribution in [3.8, 4) is 11.5 Å². The Hall–Kier alpha value is -2.37. The molecule has 0 atom stereocenters. The van der Waals surface area contributed by atoms with Crippen LogP contribution in [0.5, 0.6) is 11.5 Å². The zero-order valence-corrected chi connectivity index (χ0v) is 9.90. The van der Waals surface area contributed by atoms with E-state index >= 15 is 0 Å². The number of esters is 2. The molecule has 0 aliphatic carbocycles. The first-order valence-corrected chi connectivity index (χ1v) is 5.29. The van der Waals surface area contributed by atoms with Crippen molar-refractivity contribution in [3.63, 3.8) is 0 Å². The summed E-state index contributed by atoms with van der Waals surface area (Å²) in [5, 5.41) is 2.62. The van der Waals surface area contributed by atoms with E-state index in [9.17, 15) is 14.4 Å². The first kappa shape index (κ1) is 12.1. The molecular formula is C12H11NO5. The smallest absolute Gasteiger partial charge is 0.308 e. The first-order valence-electron chi connectivity index (χ1n) is 5.29. The second kappa shape index (κ2) is 4.48. The van der Waals surface area contributed by atoms with Gasteiger partial charge in [0.2, 0.25) is 5.91 Å². The zero-order chi connectivity index (χ0) is 13.3. The van der Waals surface area contributed by atoms with E-state index in [2.05, 4.69) is 5.32 Å². The van der Waals surface area contributed by atoms with Crippen LogP contribution < -0.4 is 14.8 Å². The topological polar surface area (TPSA) is 81.7 Å². The molecule has 18 heavy (non-hydrogen) atoms. The summed E-state index contributed by atoms with van der Waals surface area (Å²) in [7, 11) is 0. The molecule has 1 heterocycles. The van der Waals surface area contributed by atoms with Crippen LogP contribution in [-0.2, 0) is 20.8 Å². The normalized spacial score (nSPS) is 12.7. The van der Waals surface area contributed by atoms with Gasteiger partial charge in [0.25, 0.3) is 0 Å². The Morgan fingerprint density at radius 3 is 2.22 bits per heavy atom. The maximum atomic E-state index is 11.2. The molecule has 1 aromatic rings. The van der Waals surface area contributed by atoms with Crippen LogP contribution in [0.1, 0.15) is 19.4 Å². The van der Waals surface area contributed by atoms with Gasteiger partial charge in [-0.1, -0.05) is 0 Å². The van der Waals surface area contributed by atoms with Gasteiger partial charge < -0.3 is 14.8 Å². The number of carbonyl (C=O) groups excluding carboxylic acids is 3. The lowest BCUT2D eigenvalue weighted by molar-refractivity contribution is -0.134. The highest BCUT2D eigenvalue weighted by atomic mass is 16.6. The summed E-state index contributed by atoms with van der Waals surface area (Å²) in [4.78, 5) is 33.2. The van der Waals surface area contributed by atoms with Crippen molar-refractivity contribution in [1.29, 1.82) is 0 Å². The van der Waals surface area contributed by atoms with Crippen molar-refractivity contribution in [1.82, 2.24) is 0 Å². The van der Waals surface area contributed by atoms with Gasteiger partial charge in [-0.3, -0.25) is 14.4 Å². The minimum absolute atomic E-state index is 0.110. The summed E-state index contributed by atoms with van der Waals surface area (Å²) in [6.45, 7) is 2.48. The lowest BCUT2D eigenvalue weighted by Crippen LogP contribution is -2.07. The number of carbonyl (C=O) groups is 3. The highest BCUT2D eigenvalue weighted by Crippen LogP contribution is 2.36. The summed E-state index contributed by atoms with van der Waals surface area (Å²) in [6.07, 6.45) is 0.212. The number of fused-ring (bicyclic) bond motifs is 1. The molecule has 0 aromatic heterocycles. The Balaban J connectivity index is 2.42. The molecule has 1 aliphatic heterocycles. The number of hydrogen-bond donors (Lipinski definition) is 1. The fourth-order valence-corrected chi connectivity index (χ4v) is 1.70. The Bertz CT molecular complexity index is 503. The lowest BCUT2D eigenvalue weighted by atomic mass is 10.1. The molecule has 1 amide bonds. The average Bonchev–Trinajstić information content (AvgIpc) is 2.56. The summed E-state index contributed by atoms with van der Waals surface area (Å²) >= 11 is 0. The lowest BCUT2D eigenvalue weighted by Gasteiger charge is -2.10. The SMILES string of the molecule is CC(=O)Oc1cc2c(cc1OC(C)=O)NC(=O)C2. The maximum Gasteiger partial charge on any atom is 0.308 e. The summed E-state index contributed by atoms with van der Waals surface area (Å²) in [5.41, 5.74) is 1.26. The van der Waals surface area contributed by atoms with Crippen LogP contribution in [0.4, 0.5) is 5.69 Å². The van der Waals surface area contributed by atoms with Crippen molar-refractivity contribution in [2.75, 3.05) is 5.32 Å². The molecule has 0 saturated heterocycles. The van der Waals surface area contributed by atoms with Crippen molar-refractivity contribution in [3.05, 3.63) is 17.7 Å². The third-order valence-corrected chi connectivity index (χ3v) is 2.30. The van der Waals surface area contributed by atoms with E-state index in [0.717, 1.165) is 0 Å². The van der Waals surface area contributed by atoms with Crippen LogP contribution in [0.2, 0.25) is 0 Å². The van der Waals surface area contributed by atoms with Gasteiger partial charge in [0.05, 0.1) is 6.42 Å². The number of ether oxygens (including phenoxy) is 2. The molecule has 1 aliphatic rings. The van der Waals surface area contributed by atoms with Crippen LogP contribution in [0.15, 0.2) is 12.1 Å². The van der Waals surface area contributed by atoms with E-state index in [1.54, 1.807) is 0 Å². The average molecular weight is 249 g/mol. The molecule has 2 rings (SSSR count). The molecule has 0 radical (unpaired) electrons. The third-order valence-electron chi connectivity index (χ3n) is 2.30. The number of rotatable bonds is 2. The molecule has 1 N–H and O–H groups in total. The van der Waals surface area contributed by atoms with Crippen LogP contribution in [0.25, 0.3) is 0 Å². The highest BCUT2D eigenvalue weighted by Gasteiger charge is 2.22. The molecule has 6 heteroatoms. The first-order chi connectivity index (χ1) is 8.45. The fourth-order valence-electron chi connectivity index (χ4n) is 1.70. The van der Waals surface area contributed by atoms with Gasteiger partial charge in [0, 0.05) is 25.6 Å². The number of benzene rings is 1. The summed E-state index contributed by atoms with van der Waals surface area (Å²) < 4.78 is 9.89. The van der Waals surface area contributed by atoms with Crippen LogP contribution in [0.3, 0.4) is 0 Å². The number of anilines is 1. The van der Waals surface area contributed by atoms with E-state index in [1.807, 2.05) is 0 Å². The van der Waals surface area contributed by atoms with Crippen molar-refractivity contribution >= 4 is 23.5 Å². The molecule has 0 unspecified atom stereocenters. The molecule has 1 aromatic carbocycles. The van der Waals surface area contributed by atoms with Crippen molar-refractivity contribution < 1.29 is 23.9 Å². The zero-order valence-electron chi connectivity index (χ0n) is 9.90. The number of hydrogen-bond acceptors (Lipinski definition) is 5. The van der Waals surface area contributed by atoms with E-state index in [0.29, 0.717) is 11.3 Å². The van der Waals surface area contributed by atoms with Crippen LogP contribution >= 0.6 is 0 Å². The van der Waals surface area contributed by atoms with E-state index in [-0.39, 0.29) is 23.8 Å². The second-order valence-corrected chi connectivity index (χ2v) is 3.87. The second-order valence-electron chi connectivity index (χ2n) is 3.87. The van der Waals surface area contributed by atoms with Crippen LogP contribution in [-0.4, -0.2) is 17.8 Å². The van der Waals surface area contributed by atoms with Crippen molar-refractivity contribution in [2.45, 2.75) is 20.3 Å². The quantitative estimate of drug-likeness (QED) is 0.625. The Labute approximate surface area is 103 Å². The molecule has 0 saturated carbocycles. The standard InChI is InChI=1S/C12H11NO5/c1-6(14)17-10-3-8-4-12(16)13-9(8)5-11(10)18-7(2)15/h3,5H,4H2,1-2H3,(H,13,16). The molecule has 0 spiro atoms. The van der Waals surface area contributed by atoms with Gasteiger partial charge in [0.15, 0.2) is 11.5 Å². The van der Waals surface area contributed by atoms with E-state index in [1.165, 1.54) is 26.0 Å². The van der Waals surface area contributed by atoms with E-state index < -0.39 is 11.9 Å². The van der Waals surface area contributed by atoms with Gasteiger partial charge in [-0.15, -0.1) is 0 Å². The monoisotopic (exact) mass is 249 g/mol. The minimum Gasteiger partial charge on any atom is -0.423 e. The number of nitrogens with one attached hydrogen (secondary N) is 1. The maximum absolute atomic E-state index is 11.2. The largest absolute Gasteiger partial charge is 0.423 e. The van der Waals surface area contributed by atoms with Crippen LogP contribution in [0, 0.1) is 0 Å². The van der Waals surface area contributed by atoms with Crippen molar-refractivity contribution in [2.24, 2.45) is 0 Å². The predicted molar refractivity (Wildman–Crippen MR) is 61.4 cm³/mol. The van der Waals surface area contributed by atoms with Gasteiger partial charge in [-0.2, -0.15) is 0 Å². The van der Waals surface area contributed by atoms with Gasteiger partial charge in [-0.25, -0.2) is 0 Å². The number of amides is 1. The minimum atomic E-state index is -0.535. The van der Waals surface area contributed by atoms with E-state index in [4.69, 9.17) is 9.47 Å². The molecule has 0 bridgehead atoms. The molecule has 6 nitrogen and oxygen atoms in total. The molecular weight excluding hydrogens is 238 g/mol. The van der Waals surface area contributed by atoms with Gasteiger partial charge >= 0.3 is 11.9 Å². The fraction of sp³-hybridized carbons (Fsp3) is 0.250. The Morgan fingerprint density at radius 2 is 1.67 bits per heavy atom. The highest BCUT2D eigenvalue weighted by molar-refractivity contribution is 6.00. The molecule has 0 fully saturated rings. The molecule has 94 valence electrons. The third kappa shape index (κ3) is 2.48. The summed E-state index contributed by atoms with van der Waals surface area (Å²) in [5.74, 6) is -0.973. The predicted octanol–water partition coefficient (Wildman–Crippen LogP) is 1.03. The summed E-state index contributed by atoms with van der Waals surface area (Å²) in [6, 6.07) is 2.99.